The molecule has 2 atom stereocenters. The summed E-state index contributed by atoms with van der Waals surface area (Å²) in [7, 11) is 0. The minimum absolute atomic E-state index is 0.0558. The third-order valence-electron chi connectivity index (χ3n) is 3.61. The minimum Gasteiger partial charge on any atom is -0.504 e. The Morgan fingerprint density at radius 1 is 1.38 bits per heavy atom. The van der Waals surface area contributed by atoms with E-state index in [4.69, 9.17) is 9.84 Å². The first-order chi connectivity index (χ1) is 11.5. The predicted molar refractivity (Wildman–Crippen MR) is 84.3 cm³/mol. The lowest BCUT2D eigenvalue weighted by Gasteiger charge is -2.48. The van der Waals surface area contributed by atoms with Crippen LogP contribution in [0.3, 0.4) is 0 Å². The predicted octanol–water partition coefficient (Wildman–Crippen LogP) is 0.139. The van der Waals surface area contributed by atoms with Gasteiger partial charge in [0.15, 0.2) is 18.1 Å². The van der Waals surface area contributed by atoms with Crippen molar-refractivity contribution >= 4 is 29.5 Å². The normalized spacial score (nSPS) is 22.1. The largest absolute Gasteiger partial charge is 0.504 e. The zero-order valence-electron chi connectivity index (χ0n) is 12.3. The Kier molecular flexibility index (Phi) is 4.34. The number of β-lactam (4-membered cyclic amide) rings is 1. The number of carbonyl (C=O) groups excluding carboxylic acids is 2. The van der Waals surface area contributed by atoms with Crippen LogP contribution in [-0.4, -0.2) is 56.7 Å². The van der Waals surface area contributed by atoms with Crippen LogP contribution in [0.15, 0.2) is 36.0 Å². The monoisotopic (exact) mass is 350 g/mol. The molecule has 1 saturated heterocycles. The molecule has 3 rings (SSSR count). The molecular weight excluding hydrogens is 336 g/mol. The van der Waals surface area contributed by atoms with Gasteiger partial charge in [-0.2, -0.15) is 0 Å². The highest BCUT2D eigenvalue weighted by atomic mass is 32.2. The van der Waals surface area contributed by atoms with Crippen molar-refractivity contribution in [3.63, 3.8) is 0 Å². The molecule has 9 heteroatoms. The molecule has 0 saturated carbocycles. The van der Waals surface area contributed by atoms with Gasteiger partial charge in [-0.3, -0.25) is 14.5 Å². The molecule has 0 aliphatic carbocycles. The zero-order valence-corrected chi connectivity index (χ0v) is 13.2. The fraction of sp³-hybridized carbons (Fsp3) is 0.267. The van der Waals surface area contributed by atoms with Gasteiger partial charge < -0.3 is 20.3 Å². The van der Waals surface area contributed by atoms with Crippen LogP contribution in [0.5, 0.6) is 11.5 Å². The van der Waals surface area contributed by atoms with Crippen molar-refractivity contribution < 1.29 is 29.3 Å². The number of nitrogens with zero attached hydrogens (tertiary/aromatic N) is 1. The van der Waals surface area contributed by atoms with E-state index in [1.54, 1.807) is 12.1 Å². The lowest BCUT2D eigenvalue weighted by atomic mass is 10.1. The van der Waals surface area contributed by atoms with Gasteiger partial charge in [-0.25, -0.2) is 4.79 Å². The van der Waals surface area contributed by atoms with Crippen LogP contribution in [0.1, 0.15) is 0 Å². The Balaban J connectivity index is 1.57. The summed E-state index contributed by atoms with van der Waals surface area (Å²) in [6, 6.07) is 5.44. The smallest absolute Gasteiger partial charge is 0.352 e. The van der Waals surface area contributed by atoms with E-state index in [0.29, 0.717) is 5.75 Å². The highest BCUT2D eigenvalue weighted by Gasteiger charge is 2.52. The molecule has 0 aromatic heterocycles. The number of phenols is 1. The maximum atomic E-state index is 12.1. The van der Waals surface area contributed by atoms with Gasteiger partial charge in [0.2, 0.25) is 0 Å². The summed E-state index contributed by atoms with van der Waals surface area (Å²) in [6.45, 7) is -0.361. The molecule has 2 aliphatic heterocycles. The number of benzene rings is 1. The van der Waals surface area contributed by atoms with E-state index < -0.39 is 29.2 Å². The number of phenolic OH excluding ortho intramolecular Hbond substituents is 1. The maximum absolute atomic E-state index is 12.1. The van der Waals surface area contributed by atoms with Gasteiger partial charge in [0.05, 0.1) is 0 Å². The highest BCUT2D eigenvalue weighted by molar-refractivity contribution is 8.00. The topological polar surface area (TPSA) is 116 Å². The molecule has 0 spiro atoms. The summed E-state index contributed by atoms with van der Waals surface area (Å²) in [4.78, 5) is 36.3. The Labute approximate surface area is 141 Å². The Hall–Kier alpha value is -2.68. The SMILES string of the molecule is O=C(COc1ccccc1O)NC1C(=O)N2C(C(=O)O)=CCS[C@H]12. The third kappa shape index (κ3) is 2.90. The number of fused-ring (bicyclic) bond motifs is 1. The quantitative estimate of drug-likeness (QED) is 0.647. The molecule has 3 N–H and O–H groups in total. The number of rotatable bonds is 5. The number of thioether (sulfide) groups is 1. The van der Waals surface area contributed by atoms with Crippen LogP contribution in [-0.2, 0) is 14.4 Å². The second-order valence-corrected chi connectivity index (χ2v) is 6.28. The highest BCUT2D eigenvalue weighted by Crippen LogP contribution is 2.37. The lowest BCUT2D eigenvalue weighted by Crippen LogP contribution is -2.70. The number of ether oxygens (including phenoxy) is 1. The summed E-state index contributed by atoms with van der Waals surface area (Å²) in [6.07, 6.45) is 1.47. The van der Waals surface area contributed by atoms with Gasteiger partial charge in [0.25, 0.3) is 11.8 Å². The lowest BCUT2D eigenvalue weighted by molar-refractivity contribution is -0.150. The number of amides is 2. The molecular formula is C15H14N2O6S. The van der Waals surface area contributed by atoms with E-state index in [9.17, 15) is 19.5 Å². The van der Waals surface area contributed by atoms with E-state index in [1.165, 1.54) is 34.9 Å². The molecule has 2 aliphatic rings. The van der Waals surface area contributed by atoms with Crippen molar-refractivity contribution in [2.75, 3.05) is 12.4 Å². The molecule has 8 nitrogen and oxygen atoms in total. The van der Waals surface area contributed by atoms with Crippen molar-refractivity contribution in [1.29, 1.82) is 0 Å². The van der Waals surface area contributed by atoms with Crippen LogP contribution in [0.25, 0.3) is 0 Å². The van der Waals surface area contributed by atoms with Crippen LogP contribution in [0.4, 0.5) is 0 Å². The Bertz CT molecular complexity index is 734. The fourth-order valence-electron chi connectivity index (χ4n) is 2.48. The summed E-state index contributed by atoms with van der Waals surface area (Å²) in [5.74, 6) is -1.62. The van der Waals surface area contributed by atoms with Gasteiger partial charge in [0.1, 0.15) is 17.1 Å². The summed E-state index contributed by atoms with van der Waals surface area (Å²) in [5.41, 5.74) is -0.0558. The number of carboxylic acids is 1. The number of aromatic hydroxyl groups is 1. The van der Waals surface area contributed by atoms with E-state index in [2.05, 4.69) is 5.32 Å². The summed E-state index contributed by atoms with van der Waals surface area (Å²) in [5, 5.41) is 20.7. The first-order valence-electron chi connectivity index (χ1n) is 7.07. The van der Waals surface area contributed by atoms with Crippen LogP contribution in [0, 0.1) is 0 Å². The number of hydrogen-bond acceptors (Lipinski definition) is 6. The van der Waals surface area contributed by atoms with Crippen LogP contribution in [0.2, 0.25) is 0 Å². The average Bonchev–Trinajstić information content (AvgIpc) is 2.58. The van der Waals surface area contributed by atoms with Gasteiger partial charge in [-0.1, -0.05) is 12.1 Å². The first-order valence-corrected chi connectivity index (χ1v) is 8.12. The minimum atomic E-state index is -1.17. The Morgan fingerprint density at radius 2 is 2.12 bits per heavy atom. The molecule has 1 aromatic carbocycles. The molecule has 0 bridgehead atoms. The summed E-state index contributed by atoms with van der Waals surface area (Å²) >= 11 is 1.37. The molecule has 2 amide bonds. The van der Waals surface area contributed by atoms with Crippen molar-refractivity contribution in [1.82, 2.24) is 10.2 Å². The van der Waals surface area contributed by atoms with Crippen molar-refractivity contribution in [3.05, 3.63) is 36.0 Å². The number of aliphatic carboxylic acids is 1. The molecule has 2 heterocycles. The van der Waals surface area contributed by atoms with Crippen molar-refractivity contribution in [2.45, 2.75) is 11.4 Å². The van der Waals surface area contributed by atoms with Crippen LogP contribution < -0.4 is 10.1 Å². The summed E-state index contributed by atoms with van der Waals surface area (Å²) < 4.78 is 5.20. The molecule has 1 unspecified atom stereocenters. The van der Waals surface area contributed by atoms with Gasteiger partial charge >= 0.3 is 5.97 Å². The number of nitrogens with one attached hydrogen (secondary N) is 1. The standard InChI is InChI=1S/C15H14N2O6S/c18-9-3-1-2-4-10(9)23-7-11(19)16-12-13(20)17-8(15(21)22)5-6-24-14(12)17/h1-5,12,14,18H,6-7H2,(H,16,19)(H,21,22)/t12?,14-/m1/s1. The van der Waals surface area contributed by atoms with E-state index in [0.717, 1.165) is 0 Å². The average molecular weight is 350 g/mol. The van der Waals surface area contributed by atoms with Crippen LogP contribution >= 0.6 is 11.8 Å². The van der Waals surface area contributed by atoms with Crippen molar-refractivity contribution in [3.8, 4) is 11.5 Å². The molecule has 1 fully saturated rings. The second-order valence-electron chi connectivity index (χ2n) is 5.13. The molecule has 24 heavy (non-hydrogen) atoms. The number of carbonyl (C=O) groups is 3. The molecule has 1 aromatic rings. The van der Waals surface area contributed by atoms with E-state index in [-0.39, 0.29) is 23.8 Å². The van der Waals surface area contributed by atoms with Gasteiger partial charge in [-0.15, -0.1) is 11.8 Å². The van der Waals surface area contributed by atoms with Crippen molar-refractivity contribution in [2.24, 2.45) is 0 Å². The van der Waals surface area contributed by atoms with E-state index in [1.807, 2.05) is 0 Å². The number of para-hydroxylation sites is 2. The van der Waals surface area contributed by atoms with Gasteiger partial charge in [-0.05, 0) is 18.2 Å². The van der Waals surface area contributed by atoms with Gasteiger partial charge in [0, 0.05) is 5.75 Å². The van der Waals surface area contributed by atoms with E-state index >= 15 is 0 Å². The second kappa shape index (κ2) is 6.44. The Morgan fingerprint density at radius 3 is 2.83 bits per heavy atom. The number of carboxylic acid groups (broad SMARTS) is 1. The first kappa shape index (κ1) is 16.2. The zero-order chi connectivity index (χ0) is 17.3. The third-order valence-corrected chi connectivity index (χ3v) is 4.79. The number of hydrogen-bond donors (Lipinski definition) is 3. The fourth-order valence-corrected chi connectivity index (χ4v) is 3.67. The maximum Gasteiger partial charge on any atom is 0.352 e. The molecule has 126 valence electrons. The molecule has 0 radical (unpaired) electrons.